The van der Waals surface area contributed by atoms with Gasteiger partial charge in [-0.25, -0.2) is 17.9 Å². The third kappa shape index (κ3) is 12.2. The Morgan fingerprint density at radius 2 is 1.87 bits per heavy atom. The molecule has 1 fully saturated rings. The summed E-state index contributed by atoms with van der Waals surface area (Å²) in [6.45, 7) is 10.7. The molecule has 0 aliphatic carbocycles. The zero-order valence-electron chi connectivity index (χ0n) is 19.1. The van der Waals surface area contributed by atoms with Crippen molar-refractivity contribution in [1.82, 2.24) is 20.7 Å². The van der Waals surface area contributed by atoms with E-state index in [0.717, 1.165) is 19.3 Å². The fraction of sp³-hybridized carbons (Fsp3) is 0.895. The topological polar surface area (TPSA) is 130 Å². The minimum absolute atomic E-state index is 0.0457. The lowest BCUT2D eigenvalue weighted by Crippen LogP contribution is -2.54. The predicted octanol–water partition coefficient (Wildman–Crippen LogP) is 0.943. The van der Waals surface area contributed by atoms with Crippen LogP contribution in [0, 0.1) is 0 Å². The minimum atomic E-state index is -3.41. The largest absolute Gasteiger partial charge is 0.444 e. The lowest BCUT2D eigenvalue weighted by molar-refractivity contribution is 0.0200. The van der Waals surface area contributed by atoms with Gasteiger partial charge in [0.1, 0.15) is 5.60 Å². The highest BCUT2D eigenvalue weighted by atomic mass is 32.2. The summed E-state index contributed by atoms with van der Waals surface area (Å²) in [4.78, 5) is 16.0. The van der Waals surface area contributed by atoms with Gasteiger partial charge in [0.05, 0.1) is 17.4 Å². The Hall–Kier alpha value is -1.59. The maximum Gasteiger partial charge on any atom is 0.408 e. The van der Waals surface area contributed by atoms with Gasteiger partial charge >= 0.3 is 6.09 Å². The molecule has 1 aliphatic rings. The standard InChI is InChI=1S/C19H39N5O5S/c1-18(2,3)29-17(25)24-19(4,5)14-22-16(20-6)21-10-12-30(26,27)23-13-15-9-7-8-11-28-15/h15,23H,7-14H2,1-6H3,(H,24,25)(H2,20,21,22). The van der Waals surface area contributed by atoms with Crippen molar-refractivity contribution in [1.29, 1.82) is 0 Å². The van der Waals surface area contributed by atoms with Gasteiger partial charge < -0.3 is 25.4 Å². The first-order valence-electron chi connectivity index (χ1n) is 10.4. The second-order valence-electron chi connectivity index (χ2n) is 9.02. The number of hydrogen-bond donors (Lipinski definition) is 4. The fourth-order valence-corrected chi connectivity index (χ4v) is 3.67. The lowest BCUT2D eigenvalue weighted by Gasteiger charge is -2.29. The number of alkyl carbamates (subject to hydrolysis) is 1. The number of hydrogen-bond acceptors (Lipinski definition) is 6. The first kappa shape index (κ1) is 26.4. The number of nitrogens with zero attached hydrogens (tertiary/aromatic N) is 1. The molecule has 0 aromatic carbocycles. The van der Waals surface area contributed by atoms with Crippen LogP contribution >= 0.6 is 0 Å². The molecule has 1 rings (SSSR count). The summed E-state index contributed by atoms with van der Waals surface area (Å²) in [7, 11) is -1.82. The van der Waals surface area contributed by atoms with Gasteiger partial charge in [0, 0.05) is 33.3 Å². The SMILES string of the molecule is CN=C(NCCS(=O)(=O)NCC1CCCCO1)NCC(C)(C)NC(=O)OC(C)(C)C. The quantitative estimate of drug-likeness (QED) is 0.304. The van der Waals surface area contributed by atoms with Crippen molar-refractivity contribution in [3.63, 3.8) is 0 Å². The van der Waals surface area contributed by atoms with Crippen LogP contribution in [0.1, 0.15) is 53.9 Å². The van der Waals surface area contributed by atoms with E-state index in [4.69, 9.17) is 9.47 Å². The summed E-state index contributed by atoms with van der Waals surface area (Å²) in [5.74, 6) is 0.361. The highest BCUT2D eigenvalue weighted by Gasteiger charge is 2.25. The van der Waals surface area contributed by atoms with Crippen LogP contribution < -0.4 is 20.7 Å². The molecule has 1 heterocycles. The van der Waals surface area contributed by atoms with E-state index in [1.54, 1.807) is 27.8 Å². The molecule has 11 heteroatoms. The van der Waals surface area contributed by atoms with Crippen molar-refractivity contribution in [3.05, 3.63) is 0 Å². The number of guanidine groups is 1. The van der Waals surface area contributed by atoms with E-state index in [1.165, 1.54) is 0 Å². The summed E-state index contributed by atoms with van der Waals surface area (Å²) in [5, 5.41) is 8.85. The number of amides is 1. The van der Waals surface area contributed by atoms with Crippen LogP contribution in [0.5, 0.6) is 0 Å². The third-order valence-corrected chi connectivity index (χ3v) is 5.58. The summed E-state index contributed by atoms with van der Waals surface area (Å²) < 4.78 is 37.7. The average molecular weight is 450 g/mol. The maximum atomic E-state index is 12.2. The Morgan fingerprint density at radius 3 is 2.43 bits per heavy atom. The molecule has 1 unspecified atom stereocenters. The first-order chi connectivity index (χ1) is 13.8. The Labute approximate surface area is 181 Å². The molecular formula is C19H39N5O5S. The third-order valence-electron chi connectivity index (χ3n) is 4.23. The molecule has 0 aromatic rings. The number of ether oxygens (including phenoxy) is 2. The van der Waals surface area contributed by atoms with Crippen molar-refractivity contribution in [2.75, 3.05) is 39.0 Å². The summed E-state index contributed by atoms with van der Waals surface area (Å²) >= 11 is 0. The molecule has 1 amide bonds. The van der Waals surface area contributed by atoms with Crippen LogP contribution in [0.25, 0.3) is 0 Å². The highest BCUT2D eigenvalue weighted by molar-refractivity contribution is 7.89. The molecule has 0 bridgehead atoms. The van der Waals surface area contributed by atoms with E-state index in [0.29, 0.717) is 25.7 Å². The van der Waals surface area contributed by atoms with Gasteiger partial charge in [-0.15, -0.1) is 0 Å². The van der Waals surface area contributed by atoms with Crippen LogP contribution in [-0.2, 0) is 19.5 Å². The molecule has 0 radical (unpaired) electrons. The molecule has 176 valence electrons. The Kier molecular flexibility index (Phi) is 10.3. The van der Waals surface area contributed by atoms with Crippen molar-refractivity contribution in [3.8, 4) is 0 Å². The van der Waals surface area contributed by atoms with Crippen LogP contribution in [0.3, 0.4) is 0 Å². The van der Waals surface area contributed by atoms with Crippen molar-refractivity contribution in [2.24, 2.45) is 4.99 Å². The zero-order chi connectivity index (χ0) is 22.8. The van der Waals surface area contributed by atoms with Gasteiger partial charge in [0.15, 0.2) is 5.96 Å². The Bertz CT molecular complexity index is 667. The molecular weight excluding hydrogens is 410 g/mol. The second kappa shape index (κ2) is 11.7. The molecule has 30 heavy (non-hydrogen) atoms. The van der Waals surface area contributed by atoms with Crippen LogP contribution in [0.15, 0.2) is 4.99 Å². The molecule has 10 nitrogen and oxygen atoms in total. The molecule has 0 spiro atoms. The number of rotatable bonds is 9. The van der Waals surface area contributed by atoms with Gasteiger partial charge in [-0.1, -0.05) is 0 Å². The molecule has 1 atom stereocenters. The molecule has 0 aromatic heterocycles. The van der Waals surface area contributed by atoms with E-state index in [1.807, 2.05) is 13.8 Å². The summed E-state index contributed by atoms with van der Waals surface area (Å²) in [6, 6.07) is 0. The van der Waals surface area contributed by atoms with Crippen LogP contribution in [-0.4, -0.2) is 76.8 Å². The summed E-state index contributed by atoms with van der Waals surface area (Å²) in [5.41, 5.74) is -1.18. The fourth-order valence-electron chi connectivity index (χ4n) is 2.71. The highest BCUT2D eigenvalue weighted by Crippen LogP contribution is 2.12. The van der Waals surface area contributed by atoms with E-state index in [-0.39, 0.29) is 18.4 Å². The van der Waals surface area contributed by atoms with Crippen LogP contribution in [0.2, 0.25) is 0 Å². The van der Waals surface area contributed by atoms with E-state index < -0.39 is 27.3 Å². The monoisotopic (exact) mass is 449 g/mol. The minimum Gasteiger partial charge on any atom is -0.444 e. The van der Waals surface area contributed by atoms with Crippen molar-refractivity contribution < 1.29 is 22.7 Å². The maximum absolute atomic E-state index is 12.2. The Balaban J connectivity index is 2.35. The number of carbonyl (C=O) groups is 1. The second-order valence-corrected chi connectivity index (χ2v) is 10.9. The smallest absolute Gasteiger partial charge is 0.408 e. The summed E-state index contributed by atoms with van der Waals surface area (Å²) in [6.07, 6.45) is 2.43. The van der Waals surface area contributed by atoms with Gasteiger partial charge in [-0.3, -0.25) is 4.99 Å². The normalized spacial score (nSPS) is 18.6. The van der Waals surface area contributed by atoms with E-state index in [9.17, 15) is 13.2 Å². The zero-order valence-corrected chi connectivity index (χ0v) is 19.9. The van der Waals surface area contributed by atoms with Crippen LogP contribution in [0.4, 0.5) is 4.79 Å². The average Bonchev–Trinajstić information content (AvgIpc) is 2.61. The molecule has 4 N–H and O–H groups in total. The number of nitrogens with one attached hydrogen (secondary N) is 4. The van der Waals surface area contributed by atoms with Gasteiger partial charge in [-0.05, 0) is 53.9 Å². The first-order valence-corrected chi connectivity index (χ1v) is 12.0. The number of carbonyl (C=O) groups excluding carboxylic acids is 1. The van der Waals surface area contributed by atoms with Gasteiger partial charge in [0.25, 0.3) is 0 Å². The lowest BCUT2D eigenvalue weighted by atomic mass is 10.1. The molecule has 1 saturated heterocycles. The molecule has 0 saturated carbocycles. The van der Waals surface area contributed by atoms with Crippen molar-refractivity contribution in [2.45, 2.75) is 71.1 Å². The van der Waals surface area contributed by atoms with Gasteiger partial charge in [0.2, 0.25) is 10.0 Å². The van der Waals surface area contributed by atoms with Gasteiger partial charge in [-0.2, -0.15) is 0 Å². The number of sulfonamides is 1. The van der Waals surface area contributed by atoms with Crippen molar-refractivity contribution >= 4 is 22.1 Å². The van der Waals surface area contributed by atoms with E-state index in [2.05, 4.69) is 25.7 Å². The van der Waals surface area contributed by atoms with E-state index >= 15 is 0 Å². The number of aliphatic imine (C=N–C) groups is 1. The Morgan fingerprint density at radius 1 is 1.17 bits per heavy atom. The predicted molar refractivity (Wildman–Crippen MR) is 118 cm³/mol. The molecule has 1 aliphatic heterocycles.